The fourth-order valence-electron chi connectivity index (χ4n) is 7.60. The van der Waals surface area contributed by atoms with Gasteiger partial charge < -0.3 is 18.9 Å². The van der Waals surface area contributed by atoms with Crippen molar-refractivity contribution < 1.29 is 28.5 Å². The predicted octanol–water partition coefficient (Wildman–Crippen LogP) is 13.1. The number of ketones is 2. The molecule has 0 atom stereocenters. The third kappa shape index (κ3) is 9.35. The van der Waals surface area contributed by atoms with Crippen LogP contribution in [0.25, 0.3) is 0 Å². The zero-order valence-electron chi connectivity index (χ0n) is 34.2. The standard InChI is InChI=1S/C50H56O6/c1-33(2)47(51)37-12-18-41(19-13-37)55-43-22-24-44(25-23-43)56-42-20-14-38(15-21-42)48(52)49(7,8)32-53-45-26-16-39(30-35(45)5)50(28-10-9-11-29-50)40-17-27-46(36(6)31-40)54-34(3)4/h12-27,30-31,33-34H,9-11,28-29,32H2,1-8H3. The van der Waals surface area contributed by atoms with Gasteiger partial charge in [-0.1, -0.05) is 57.4 Å². The first kappa shape index (κ1) is 40.3. The molecule has 56 heavy (non-hydrogen) atoms. The smallest absolute Gasteiger partial charge is 0.171 e. The fourth-order valence-corrected chi connectivity index (χ4v) is 7.60. The zero-order chi connectivity index (χ0) is 40.0. The number of aryl methyl sites for hydroxylation is 2. The van der Waals surface area contributed by atoms with Crippen molar-refractivity contribution in [2.75, 3.05) is 6.61 Å². The predicted molar refractivity (Wildman–Crippen MR) is 224 cm³/mol. The lowest BCUT2D eigenvalue weighted by atomic mass is 9.65. The van der Waals surface area contributed by atoms with Crippen LogP contribution in [0.1, 0.15) is 117 Å². The molecule has 5 aromatic carbocycles. The van der Waals surface area contributed by atoms with Crippen LogP contribution < -0.4 is 18.9 Å². The molecule has 292 valence electrons. The van der Waals surface area contributed by atoms with E-state index in [-0.39, 0.29) is 35.6 Å². The highest BCUT2D eigenvalue weighted by molar-refractivity contribution is 6.00. The molecule has 0 spiro atoms. The second-order valence-electron chi connectivity index (χ2n) is 16.5. The second kappa shape index (κ2) is 17.2. The van der Waals surface area contributed by atoms with E-state index >= 15 is 0 Å². The van der Waals surface area contributed by atoms with Gasteiger partial charge in [0.25, 0.3) is 0 Å². The Bertz CT molecular complexity index is 2120. The summed E-state index contributed by atoms with van der Waals surface area (Å²) in [4.78, 5) is 25.9. The van der Waals surface area contributed by atoms with Crippen LogP contribution in [-0.2, 0) is 5.41 Å². The number of hydrogen-bond donors (Lipinski definition) is 0. The summed E-state index contributed by atoms with van der Waals surface area (Å²) in [5.41, 5.74) is 5.39. The molecule has 0 amide bonds. The van der Waals surface area contributed by atoms with E-state index in [0.29, 0.717) is 34.1 Å². The van der Waals surface area contributed by atoms with E-state index in [2.05, 4.69) is 64.1 Å². The minimum atomic E-state index is -0.754. The van der Waals surface area contributed by atoms with Crippen molar-refractivity contribution in [2.24, 2.45) is 11.3 Å². The lowest BCUT2D eigenvalue weighted by Crippen LogP contribution is -2.32. The highest BCUT2D eigenvalue weighted by atomic mass is 16.5. The quantitative estimate of drug-likeness (QED) is 0.0992. The number of carbonyl (C=O) groups is 2. The Kier molecular flexibility index (Phi) is 12.4. The summed E-state index contributed by atoms with van der Waals surface area (Å²) in [5.74, 6) is 4.37. The molecule has 0 aliphatic heterocycles. The van der Waals surface area contributed by atoms with E-state index < -0.39 is 5.41 Å². The normalized spacial score (nSPS) is 14.0. The third-order valence-corrected chi connectivity index (χ3v) is 10.8. The molecule has 1 fully saturated rings. The molecule has 0 saturated heterocycles. The molecule has 0 bridgehead atoms. The molecule has 6 rings (SSSR count). The van der Waals surface area contributed by atoms with Crippen LogP contribution in [0.4, 0.5) is 0 Å². The maximum absolute atomic E-state index is 13.7. The Labute approximate surface area is 333 Å². The average molecular weight is 753 g/mol. The van der Waals surface area contributed by atoms with Crippen LogP contribution in [0, 0.1) is 25.2 Å². The molecule has 0 radical (unpaired) electrons. The lowest BCUT2D eigenvalue weighted by Gasteiger charge is -2.39. The first-order chi connectivity index (χ1) is 26.7. The van der Waals surface area contributed by atoms with Crippen molar-refractivity contribution in [3.05, 3.63) is 143 Å². The van der Waals surface area contributed by atoms with Gasteiger partial charge in [-0.2, -0.15) is 0 Å². The minimum absolute atomic E-state index is 0.00264. The molecule has 0 heterocycles. The van der Waals surface area contributed by atoms with Gasteiger partial charge in [-0.25, -0.2) is 0 Å². The Morgan fingerprint density at radius 2 is 1.05 bits per heavy atom. The highest BCUT2D eigenvalue weighted by Crippen LogP contribution is 2.47. The monoisotopic (exact) mass is 752 g/mol. The summed E-state index contributed by atoms with van der Waals surface area (Å²) in [6, 6.07) is 35.0. The van der Waals surface area contributed by atoms with E-state index in [9.17, 15) is 9.59 Å². The van der Waals surface area contributed by atoms with Gasteiger partial charge in [-0.15, -0.1) is 0 Å². The number of benzene rings is 5. The maximum atomic E-state index is 13.7. The van der Waals surface area contributed by atoms with E-state index in [1.54, 1.807) is 36.4 Å². The minimum Gasteiger partial charge on any atom is -0.492 e. The summed E-state index contributed by atoms with van der Waals surface area (Å²) in [6.07, 6.45) is 6.03. The zero-order valence-corrected chi connectivity index (χ0v) is 34.2. The topological polar surface area (TPSA) is 71.1 Å². The molecule has 1 aliphatic rings. The van der Waals surface area contributed by atoms with Crippen molar-refractivity contribution in [3.8, 4) is 34.5 Å². The number of Topliss-reactive ketones (excluding diaryl/α,β-unsaturated/α-hetero) is 2. The Balaban J connectivity index is 1.06. The van der Waals surface area contributed by atoms with Gasteiger partial charge in [0.15, 0.2) is 11.6 Å². The van der Waals surface area contributed by atoms with E-state index in [1.807, 2.05) is 64.1 Å². The lowest BCUT2D eigenvalue weighted by molar-refractivity contribution is 0.0750. The van der Waals surface area contributed by atoms with Crippen molar-refractivity contribution in [2.45, 2.75) is 99.0 Å². The molecule has 0 N–H and O–H groups in total. The first-order valence-corrected chi connectivity index (χ1v) is 20.0. The van der Waals surface area contributed by atoms with E-state index in [0.717, 1.165) is 29.9 Å². The van der Waals surface area contributed by atoms with Gasteiger partial charge in [0, 0.05) is 22.5 Å². The van der Waals surface area contributed by atoms with Gasteiger partial charge in [-0.05, 0) is 162 Å². The SMILES string of the molecule is Cc1cc(C2(c3ccc(OC(C)C)c(C)c3)CCCCC2)ccc1OCC(C)(C)C(=O)c1ccc(Oc2ccc(Oc3ccc(C(=O)C(C)C)cc3)cc2)cc1. The van der Waals surface area contributed by atoms with Gasteiger partial charge in [0.1, 0.15) is 41.1 Å². The number of rotatable bonds is 15. The van der Waals surface area contributed by atoms with Crippen LogP contribution >= 0.6 is 0 Å². The number of ether oxygens (including phenoxy) is 4. The molecule has 6 nitrogen and oxygen atoms in total. The molecule has 5 aromatic rings. The molecule has 6 heteroatoms. The first-order valence-electron chi connectivity index (χ1n) is 20.0. The van der Waals surface area contributed by atoms with Crippen molar-refractivity contribution >= 4 is 11.6 Å². The Morgan fingerprint density at radius 3 is 1.50 bits per heavy atom. The largest absolute Gasteiger partial charge is 0.492 e. The maximum Gasteiger partial charge on any atom is 0.171 e. The van der Waals surface area contributed by atoms with Gasteiger partial charge in [0.2, 0.25) is 0 Å². The van der Waals surface area contributed by atoms with Crippen molar-refractivity contribution in [1.82, 2.24) is 0 Å². The third-order valence-electron chi connectivity index (χ3n) is 10.8. The molecular formula is C50H56O6. The summed E-state index contributed by atoms with van der Waals surface area (Å²) in [5, 5.41) is 0. The molecule has 0 aromatic heterocycles. The Hall–Kier alpha value is -5.36. The second-order valence-corrected chi connectivity index (χ2v) is 16.5. The van der Waals surface area contributed by atoms with Crippen molar-refractivity contribution in [1.29, 1.82) is 0 Å². The molecule has 0 unspecified atom stereocenters. The average Bonchev–Trinajstić information content (AvgIpc) is 3.19. The van der Waals surface area contributed by atoms with Gasteiger partial charge in [0.05, 0.1) is 11.5 Å². The van der Waals surface area contributed by atoms with E-state index in [4.69, 9.17) is 18.9 Å². The molecule has 1 aliphatic carbocycles. The number of hydrogen-bond acceptors (Lipinski definition) is 6. The fraction of sp³-hybridized carbons (Fsp3) is 0.360. The van der Waals surface area contributed by atoms with Crippen LogP contribution in [0.15, 0.2) is 109 Å². The van der Waals surface area contributed by atoms with Gasteiger partial charge >= 0.3 is 0 Å². The van der Waals surface area contributed by atoms with Crippen LogP contribution in [0.2, 0.25) is 0 Å². The summed E-state index contributed by atoms with van der Waals surface area (Å²) >= 11 is 0. The van der Waals surface area contributed by atoms with Crippen LogP contribution in [0.5, 0.6) is 34.5 Å². The van der Waals surface area contributed by atoms with Gasteiger partial charge in [-0.3, -0.25) is 9.59 Å². The summed E-state index contributed by atoms with van der Waals surface area (Å²) in [6.45, 7) is 16.3. The van der Waals surface area contributed by atoms with Crippen molar-refractivity contribution in [3.63, 3.8) is 0 Å². The molecular weight excluding hydrogens is 697 g/mol. The summed E-state index contributed by atoms with van der Waals surface area (Å²) < 4.78 is 24.5. The van der Waals surface area contributed by atoms with Crippen LogP contribution in [0.3, 0.4) is 0 Å². The summed E-state index contributed by atoms with van der Waals surface area (Å²) in [7, 11) is 0. The number of carbonyl (C=O) groups excluding carboxylic acids is 2. The molecule has 1 saturated carbocycles. The Morgan fingerprint density at radius 1 is 0.607 bits per heavy atom. The highest BCUT2D eigenvalue weighted by Gasteiger charge is 2.37. The van der Waals surface area contributed by atoms with E-state index in [1.165, 1.54) is 36.0 Å². The van der Waals surface area contributed by atoms with Crippen LogP contribution in [-0.4, -0.2) is 24.3 Å².